The first-order valence-electron chi connectivity index (χ1n) is 4.43. The van der Waals surface area contributed by atoms with Gasteiger partial charge in [-0.3, -0.25) is 4.79 Å². The first-order valence-corrected chi connectivity index (χ1v) is 4.43. The number of rotatable bonds is 2. The zero-order valence-electron chi connectivity index (χ0n) is 8.82. The van der Waals surface area contributed by atoms with Crippen molar-refractivity contribution in [1.29, 1.82) is 0 Å². The number of halogens is 6. The second-order valence-corrected chi connectivity index (χ2v) is 3.25. The molecule has 0 radical (unpaired) electrons. The van der Waals surface area contributed by atoms with Crippen LogP contribution >= 0.6 is 0 Å². The normalized spacial score (nSPS) is 12.4. The van der Waals surface area contributed by atoms with E-state index in [1.165, 1.54) is 0 Å². The SMILES string of the molecule is COc1cc(C(F)(F)F)c(C(F)(F)F)cc1C=O. The van der Waals surface area contributed by atoms with Crippen LogP contribution in [0.4, 0.5) is 26.3 Å². The second-order valence-electron chi connectivity index (χ2n) is 3.25. The van der Waals surface area contributed by atoms with Gasteiger partial charge in [-0.25, -0.2) is 0 Å². The summed E-state index contributed by atoms with van der Waals surface area (Å²) < 4.78 is 79.3. The number of methoxy groups -OCH3 is 1. The summed E-state index contributed by atoms with van der Waals surface area (Å²) in [5, 5.41) is 0. The van der Waals surface area contributed by atoms with Crippen LogP contribution in [-0.2, 0) is 12.4 Å². The molecule has 0 spiro atoms. The summed E-state index contributed by atoms with van der Waals surface area (Å²) in [6.07, 6.45) is -10.4. The summed E-state index contributed by atoms with van der Waals surface area (Å²) in [5.74, 6) is -0.565. The van der Waals surface area contributed by atoms with Gasteiger partial charge in [0.05, 0.1) is 23.8 Å². The molecule has 0 bridgehead atoms. The molecular formula is C10H6F6O2. The van der Waals surface area contributed by atoms with Crippen molar-refractivity contribution in [1.82, 2.24) is 0 Å². The Hall–Kier alpha value is -1.73. The Morgan fingerprint density at radius 1 is 1.00 bits per heavy atom. The number of ether oxygens (including phenoxy) is 1. The lowest BCUT2D eigenvalue weighted by Crippen LogP contribution is -2.17. The van der Waals surface area contributed by atoms with Crippen molar-refractivity contribution in [3.05, 3.63) is 28.8 Å². The van der Waals surface area contributed by atoms with Gasteiger partial charge in [-0.2, -0.15) is 26.3 Å². The molecule has 0 fully saturated rings. The highest BCUT2D eigenvalue weighted by molar-refractivity contribution is 5.80. The maximum absolute atomic E-state index is 12.5. The lowest BCUT2D eigenvalue weighted by atomic mass is 10.0. The number of alkyl halides is 6. The molecule has 0 aromatic heterocycles. The van der Waals surface area contributed by atoms with Gasteiger partial charge < -0.3 is 4.74 Å². The van der Waals surface area contributed by atoms with Gasteiger partial charge in [-0.15, -0.1) is 0 Å². The quantitative estimate of drug-likeness (QED) is 0.608. The predicted octanol–water partition coefficient (Wildman–Crippen LogP) is 3.55. The summed E-state index contributed by atoms with van der Waals surface area (Å²) in [7, 11) is 0.954. The van der Waals surface area contributed by atoms with Crippen molar-refractivity contribution in [3.63, 3.8) is 0 Å². The molecule has 8 heteroatoms. The van der Waals surface area contributed by atoms with E-state index in [2.05, 4.69) is 4.74 Å². The largest absolute Gasteiger partial charge is 0.496 e. The molecule has 0 aliphatic carbocycles. The molecule has 1 rings (SSSR count). The molecule has 1 aromatic rings. The fourth-order valence-electron chi connectivity index (χ4n) is 1.33. The van der Waals surface area contributed by atoms with Crippen LogP contribution in [0, 0.1) is 0 Å². The highest BCUT2D eigenvalue weighted by Crippen LogP contribution is 2.42. The maximum Gasteiger partial charge on any atom is 0.417 e. The van der Waals surface area contributed by atoms with Gasteiger partial charge in [0.15, 0.2) is 6.29 Å². The van der Waals surface area contributed by atoms with Gasteiger partial charge in [-0.05, 0) is 12.1 Å². The number of carbonyl (C=O) groups excluding carboxylic acids is 1. The minimum Gasteiger partial charge on any atom is -0.496 e. The van der Waals surface area contributed by atoms with E-state index in [0.29, 0.717) is 0 Å². The van der Waals surface area contributed by atoms with Crippen LogP contribution in [-0.4, -0.2) is 13.4 Å². The zero-order chi connectivity index (χ0) is 14.1. The predicted molar refractivity (Wildman–Crippen MR) is 48.4 cm³/mol. The average Bonchev–Trinajstić information content (AvgIpc) is 2.24. The smallest absolute Gasteiger partial charge is 0.417 e. The fourth-order valence-corrected chi connectivity index (χ4v) is 1.33. The van der Waals surface area contributed by atoms with Gasteiger partial charge in [0, 0.05) is 0 Å². The number of carbonyl (C=O) groups is 1. The molecule has 1 aromatic carbocycles. The van der Waals surface area contributed by atoms with Gasteiger partial charge in [0.25, 0.3) is 0 Å². The molecule has 18 heavy (non-hydrogen) atoms. The van der Waals surface area contributed by atoms with Crippen LogP contribution in [0.25, 0.3) is 0 Å². The molecule has 0 unspecified atom stereocenters. The third kappa shape index (κ3) is 2.74. The van der Waals surface area contributed by atoms with E-state index in [4.69, 9.17) is 0 Å². The fraction of sp³-hybridized carbons (Fsp3) is 0.300. The second kappa shape index (κ2) is 4.51. The highest BCUT2D eigenvalue weighted by atomic mass is 19.4. The van der Waals surface area contributed by atoms with Crippen molar-refractivity contribution in [2.45, 2.75) is 12.4 Å². The number of benzene rings is 1. The minimum absolute atomic E-state index is 0.00573. The third-order valence-electron chi connectivity index (χ3n) is 2.11. The first kappa shape index (κ1) is 14.3. The molecule has 100 valence electrons. The van der Waals surface area contributed by atoms with E-state index in [0.717, 1.165) is 7.11 Å². The van der Waals surface area contributed by atoms with Crippen molar-refractivity contribution in [2.24, 2.45) is 0 Å². The Labute approximate surface area is 97.2 Å². The first-order chi connectivity index (χ1) is 8.11. The number of hydrogen-bond acceptors (Lipinski definition) is 2. The molecule has 0 amide bonds. The Bertz CT molecular complexity index is 461. The van der Waals surface area contributed by atoms with Crippen LogP contribution in [0.5, 0.6) is 5.75 Å². The highest BCUT2D eigenvalue weighted by Gasteiger charge is 2.43. The summed E-state index contributed by atoms with van der Waals surface area (Å²) in [6.45, 7) is 0. The molecule has 0 saturated carbocycles. The van der Waals surface area contributed by atoms with Crippen molar-refractivity contribution in [3.8, 4) is 5.75 Å². The van der Waals surface area contributed by atoms with Crippen LogP contribution in [0.2, 0.25) is 0 Å². The summed E-state index contributed by atoms with van der Waals surface area (Å²) in [5.41, 5.74) is -4.41. The van der Waals surface area contributed by atoms with Gasteiger partial charge in [0.1, 0.15) is 5.75 Å². The minimum atomic E-state index is -5.21. The standard InChI is InChI=1S/C10H6F6O2/c1-18-8-3-7(10(14,15)16)6(9(11,12)13)2-5(8)4-17/h2-4H,1H3. The summed E-state index contributed by atoms with van der Waals surface area (Å²) in [4.78, 5) is 10.5. The van der Waals surface area contributed by atoms with E-state index in [-0.39, 0.29) is 18.4 Å². The van der Waals surface area contributed by atoms with Crippen LogP contribution in [0.1, 0.15) is 21.5 Å². The molecular weight excluding hydrogens is 266 g/mol. The van der Waals surface area contributed by atoms with Crippen molar-refractivity contribution >= 4 is 6.29 Å². The third-order valence-corrected chi connectivity index (χ3v) is 2.11. The van der Waals surface area contributed by atoms with Gasteiger partial charge in [0.2, 0.25) is 0 Å². The monoisotopic (exact) mass is 272 g/mol. The van der Waals surface area contributed by atoms with E-state index in [1.807, 2.05) is 0 Å². The Morgan fingerprint density at radius 2 is 1.44 bits per heavy atom. The van der Waals surface area contributed by atoms with E-state index in [9.17, 15) is 31.1 Å². The Morgan fingerprint density at radius 3 is 1.78 bits per heavy atom. The molecule has 0 saturated heterocycles. The molecule has 0 atom stereocenters. The number of aldehydes is 1. The summed E-state index contributed by atoms with van der Waals surface area (Å²) in [6, 6.07) is 0.279. The Balaban J connectivity index is 3.62. The molecule has 0 aliphatic heterocycles. The molecule has 0 aliphatic rings. The van der Waals surface area contributed by atoms with Crippen molar-refractivity contribution in [2.75, 3.05) is 7.11 Å². The maximum atomic E-state index is 12.5. The number of hydrogen-bond donors (Lipinski definition) is 0. The van der Waals surface area contributed by atoms with E-state index >= 15 is 0 Å². The van der Waals surface area contributed by atoms with E-state index in [1.54, 1.807) is 0 Å². The topological polar surface area (TPSA) is 26.3 Å². The van der Waals surface area contributed by atoms with Crippen molar-refractivity contribution < 1.29 is 35.9 Å². The van der Waals surface area contributed by atoms with E-state index < -0.39 is 34.8 Å². The lowest BCUT2D eigenvalue weighted by molar-refractivity contribution is -0.162. The Kier molecular flexibility index (Phi) is 3.59. The average molecular weight is 272 g/mol. The van der Waals surface area contributed by atoms with Crippen LogP contribution in [0.3, 0.4) is 0 Å². The summed E-state index contributed by atoms with van der Waals surface area (Å²) >= 11 is 0. The van der Waals surface area contributed by atoms with Crippen LogP contribution in [0.15, 0.2) is 12.1 Å². The molecule has 0 N–H and O–H groups in total. The van der Waals surface area contributed by atoms with Crippen LogP contribution < -0.4 is 4.74 Å². The molecule has 2 nitrogen and oxygen atoms in total. The van der Waals surface area contributed by atoms with Gasteiger partial charge in [-0.1, -0.05) is 0 Å². The molecule has 0 heterocycles. The zero-order valence-corrected chi connectivity index (χ0v) is 8.82. The van der Waals surface area contributed by atoms with Gasteiger partial charge >= 0.3 is 12.4 Å². The lowest BCUT2D eigenvalue weighted by Gasteiger charge is -2.17.